The van der Waals surface area contributed by atoms with Crippen LogP contribution in [0.2, 0.25) is 0 Å². The zero-order chi connectivity index (χ0) is 9.68. The minimum Gasteiger partial charge on any atom is -0.325 e. The van der Waals surface area contributed by atoms with Gasteiger partial charge in [-0.15, -0.1) is 11.3 Å². The second-order valence-electron chi connectivity index (χ2n) is 3.13. The van der Waals surface area contributed by atoms with Gasteiger partial charge in [0.2, 0.25) is 0 Å². The lowest BCUT2D eigenvalue weighted by Gasteiger charge is -2.08. The number of rotatable bonds is 5. The summed E-state index contributed by atoms with van der Waals surface area (Å²) in [6.45, 7) is 5.75. The Kier molecular flexibility index (Phi) is 4.35. The third-order valence-electron chi connectivity index (χ3n) is 2.02. The lowest BCUT2D eigenvalue weighted by molar-refractivity contribution is 0.529. The van der Waals surface area contributed by atoms with Crippen molar-refractivity contribution in [1.82, 2.24) is 10.3 Å². The largest absolute Gasteiger partial charge is 0.325 e. The van der Waals surface area contributed by atoms with Crippen LogP contribution in [0.15, 0.2) is 5.38 Å². The zero-order valence-electron chi connectivity index (χ0n) is 8.21. The summed E-state index contributed by atoms with van der Waals surface area (Å²) >= 11 is 1.63. The summed E-state index contributed by atoms with van der Waals surface area (Å²) in [6.07, 6.45) is 1.15. The van der Waals surface area contributed by atoms with E-state index in [-0.39, 0.29) is 0 Å². The van der Waals surface area contributed by atoms with Gasteiger partial charge in [-0.05, 0) is 13.3 Å². The van der Waals surface area contributed by atoms with Gasteiger partial charge in [-0.25, -0.2) is 4.98 Å². The first-order chi connectivity index (χ1) is 6.26. The van der Waals surface area contributed by atoms with E-state index in [4.69, 9.17) is 5.73 Å². The van der Waals surface area contributed by atoms with E-state index in [9.17, 15) is 0 Å². The van der Waals surface area contributed by atoms with Crippen molar-refractivity contribution in [3.63, 3.8) is 0 Å². The minimum absolute atomic E-state index is 0.550. The Labute approximate surface area is 83.4 Å². The fourth-order valence-electron chi connectivity index (χ4n) is 0.947. The van der Waals surface area contributed by atoms with Crippen LogP contribution in [0.1, 0.15) is 31.0 Å². The van der Waals surface area contributed by atoms with Gasteiger partial charge in [0.15, 0.2) is 0 Å². The lowest BCUT2D eigenvalue weighted by atomic mass is 10.2. The molecule has 0 saturated heterocycles. The Bertz CT molecular complexity index is 247. The van der Waals surface area contributed by atoms with E-state index < -0.39 is 0 Å². The van der Waals surface area contributed by atoms with Crippen LogP contribution in [-0.4, -0.2) is 11.0 Å². The molecule has 1 atom stereocenters. The summed E-state index contributed by atoms with van der Waals surface area (Å²) in [6, 6.07) is 0.558. The molecule has 1 aromatic heterocycles. The molecule has 0 aliphatic rings. The number of nitrogens with zero attached hydrogens (tertiary/aromatic N) is 1. The molecule has 0 radical (unpaired) electrons. The highest BCUT2D eigenvalue weighted by atomic mass is 32.1. The molecular formula is C9H17N3S. The van der Waals surface area contributed by atoms with Gasteiger partial charge >= 0.3 is 0 Å². The first kappa shape index (κ1) is 10.6. The molecule has 0 aromatic carbocycles. The molecule has 3 nitrogen and oxygen atoms in total. The molecule has 0 spiro atoms. The van der Waals surface area contributed by atoms with Gasteiger partial charge < -0.3 is 11.1 Å². The molecule has 1 unspecified atom stereocenters. The van der Waals surface area contributed by atoms with Crippen molar-refractivity contribution in [2.75, 3.05) is 0 Å². The summed E-state index contributed by atoms with van der Waals surface area (Å²) in [5, 5.41) is 6.47. The Morgan fingerprint density at radius 1 is 1.69 bits per heavy atom. The number of nitrogens with one attached hydrogen (secondary N) is 1. The molecule has 13 heavy (non-hydrogen) atoms. The summed E-state index contributed by atoms with van der Waals surface area (Å²) in [4.78, 5) is 4.37. The first-order valence-corrected chi connectivity index (χ1v) is 5.51. The molecule has 0 aliphatic heterocycles. The van der Waals surface area contributed by atoms with Gasteiger partial charge in [-0.1, -0.05) is 6.92 Å². The predicted octanol–water partition coefficient (Wildman–Crippen LogP) is 1.49. The number of aromatic nitrogens is 1. The molecule has 74 valence electrons. The van der Waals surface area contributed by atoms with Crippen LogP contribution in [-0.2, 0) is 13.1 Å². The highest BCUT2D eigenvalue weighted by Crippen LogP contribution is 2.08. The molecule has 4 heteroatoms. The minimum atomic E-state index is 0.550. The SMILES string of the molecule is CCC(C)NCc1csc(CN)n1. The third kappa shape index (κ3) is 3.42. The second kappa shape index (κ2) is 5.32. The van der Waals surface area contributed by atoms with E-state index in [2.05, 4.69) is 29.5 Å². The maximum atomic E-state index is 5.47. The van der Waals surface area contributed by atoms with Crippen LogP contribution < -0.4 is 11.1 Å². The van der Waals surface area contributed by atoms with Gasteiger partial charge in [-0.2, -0.15) is 0 Å². The average Bonchev–Trinajstić information content (AvgIpc) is 2.61. The number of nitrogens with two attached hydrogens (primary N) is 1. The van der Waals surface area contributed by atoms with Crippen molar-refractivity contribution in [2.45, 2.75) is 39.4 Å². The summed E-state index contributed by atoms with van der Waals surface area (Å²) < 4.78 is 0. The Morgan fingerprint density at radius 3 is 3.00 bits per heavy atom. The van der Waals surface area contributed by atoms with Crippen LogP contribution in [0.5, 0.6) is 0 Å². The van der Waals surface area contributed by atoms with Crippen molar-refractivity contribution >= 4 is 11.3 Å². The molecular weight excluding hydrogens is 182 g/mol. The second-order valence-corrected chi connectivity index (χ2v) is 4.07. The number of thiazole rings is 1. The first-order valence-electron chi connectivity index (χ1n) is 4.63. The molecule has 0 amide bonds. The highest BCUT2D eigenvalue weighted by Gasteiger charge is 2.01. The maximum Gasteiger partial charge on any atom is 0.106 e. The van der Waals surface area contributed by atoms with E-state index in [1.807, 2.05) is 0 Å². The van der Waals surface area contributed by atoms with Crippen molar-refractivity contribution in [1.29, 1.82) is 0 Å². The van der Waals surface area contributed by atoms with E-state index in [0.717, 1.165) is 23.7 Å². The number of hydrogen-bond acceptors (Lipinski definition) is 4. The summed E-state index contributed by atoms with van der Waals surface area (Å²) in [7, 11) is 0. The fourth-order valence-corrected chi connectivity index (χ4v) is 1.62. The quantitative estimate of drug-likeness (QED) is 0.755. The van der Waals surface area contributed by atoms with E-state index in [0.29, 0.717) is 12.6 Å². The van der Waals surface area contributed by atoms with Crippen LogP contribution in [0.25, 0.3) is 0 Å². The standard InChI is InChI=1S/C9H17N3S/c1-3-7(2)11-5-8-6-13-9(4-10)12-8/h6-7,11H,3-5,10H2,1-2H3. The lowest BCUT2D eigenvalue weighted by Crippen LogP contribution is -2.24. The molecule has 1 rings (SSSR count). The zero-order valence-corrected chi connectivity index (χ0v) is 9.03. The smallest absolute Gasteiger partial charge is 0.106 e. The Hall–Kier alpha value is -0.450. The van der Waals surface area contributed by atoms with Crippen molar-refractivity contribution in [3.05, 3.63) is 16.1 Å². The predicted molar refractivity (Wildman–Crippen MR) is 56.6 cm³/mol. The van der Waals surface area contributed by atoms with E-state index >= 15 is 0 Å². The van der Waals surface area contributed by atoms with E-state index in [1.54, 1.807) is 11.3 Å². The molecule has 1 heterocycles. The van der Waals surface area contributed by atoms with Gasteiger partial charge in [0, 0.05) is 24.5 Å². The highest BCUT2D eigenvalue weighted by molar-refractivity contribution is 7.09. The van der Waals surface area contributed by atoms with Gasteiger partial charge in [0.25, 0.3) is 0 Å². The normalized spacial score (nSPS) is 13.2. The Morgan fingerprint density at radius 2 is 2.46 bits per heavy atom. The number of hydrogen-bond donors (Lipinski definition) is 2. The monoisotopic (exact) mass is 199 g/mol. The fraction of sp³-hybridized carbons (Fsp3) is 0.667. The van der Waals surface area contributed by atoms with Crippen LogP contribution in [0.4, 0.5) is 0 Å². The average molecular weight is 199 g/mol. The van der Waals surface area contributed by atoms with Gasteiger partial charge in [-0.3, -0.25) is 0 Å². The molecule has 0 fully saturated rings. The topological polar surface area (TPSA) is 50.9 Å². The maximum absolute atomic E-state index is 5.47. The Balaban J connectivity index is 2.36. The summed E-state index contributed by atoms with van der Waals surface area (Å²) in [5.74, 6) is 0. The van der Waals surface area contributed by atoms with Crippen LogP contribution in [0, 0.1) is 0 Å². The van der Waals surface area contributed by atoms with Crippen molar-refractivity contribution < 1.29 is 0 Å². The molecule has 1 aromatic rings. The van der Waals surface area contributed by atoms with Crippen LogP contribution >= 0.6 is 11.3 Å². The molecule has 0 bridgehead atoms. The summed E-state index contributed by atoms with van der Waals surface area (Å²) in [5.41, 5.74) is 6.58. The third-order valence-corrected chi connectivity index (χ3v) is 2.94. The van der Waals surface area contributed by atoms with Gasteiger partial charge in [0.05, 0.1) is 5.69 Å². The van der Waals surface area contributed by atoms with E-state index in [1.165, 1.54) is 0 Å². The van der Waals surface area contributed by atoms with Gasteiger partial charge in [0.1, 0.15) is 5.01 Å². The van der Waals surface area contributed by atoms with Crippen molar-refractivity contribution in [2.24, 2.45) is 5.73 Å². The molecule has 3 N–H and O–H groups in total. The molecule has 0 saturated carbocycles. The van der Waals surface area contributed by atoms with Crippen LogP contribution in [0.3, 0.4) is 0 Å². The van der Waals surface area contributed by atoms with Crippen molar-refractivity contribution in [3.8, 4) is 0 Å². The molecule has 0 aliphatic carbocycles.